The fourth-order valence-electron chi connectivity index (χ4n) is 3.46. The molecule has 0 spiro atoms. The standard InChI is InChI=1S/C23H31N5O7/c1-11(2)19(28-20(31)12(3)24)22(33)26-16(9-18(29)30)21(32)27-17(23(34)35)8-13-10-25-15-7-5-4-6-14(13)15/h4-7,10-12,16-17,19,25H,8-9,24H2,1-3H3,(H,26,33)(H,27,32)(H,28,31)(H,29,30)(H,34,35). The number of H-pyrrole nitrogens is 1. The Hall–Kier alpha value is -3.93. The quantitative estimate of drug-likeness (QED) is 0.211. The molecular formula is C23H31N5O7. The van der Waals surface area contributed by atoms with Gasteiger partial charge in [-0.15, -0.1) is 0 Å². The molecule has 8 N–H and O–H groups in total. The van der Waals surface area contributed by atoms with Crippen LogP contribution in [-0.2, 0) is 30.4 Å². The third kappa shape index (κ3) is 7.54. The maximum Gasteiger partial charge on any atom is 0.326 e. The van der Waals surface area contributed by atoms with Gasteiger partial charge in [0.05, 0.1) is 12.5 Å². The van der Waals surface area contributed by atoms with Gasteiger partial charge in [0.25, 0.3) is 0 Å². The van der Waals surface area contributed by atoms with E-state index in [4.69, 9.17) is 5.73 Å². The third-order valence-electron chi connectivity index (χ3n) is 5.39. The number of nitrogens with one attached hydrogen (secondary N) is 4. The van der Waals surface area contributed by atoms with Crippen molar-refractivity contribution in [3.8, 4) is 0 Å². The lowest BCUT2D eigenvalue weighted by molar-refractivity contribution is -0.143. The molecule has 0 aliphatic carbocycles. The summed E-state index contributed by atoms with van der Waals surface area (Å²) in [5.74, 6) is -5.47. The van der Waals surface area contributed by atoms with Gasteiger partial charge in [-0.3, -0.25) is 19.2 Å². The van der Waals surface area contributed by atoms with E-state index in [0.717, 1.165) is 10.9 Å². The minimum absolute atomic E-state index is 0.0715. The third-order valence-corrected chi connectivity index (χ3v) is 5.39. The Morgan fingerprint density at radius 3 is 2.11 bits per heavy atom. The molecule has 1 aromatic heterocycles. The number of hydrogen-bond acceptors (Lipinski definition) is 6. The molecule has 0 fully saturated rings. The molecule has 2 rings (SSSR count). The van der Waals surface area contributed by atoms with Crippen LogP contribution >= 0.6 is 0 Å². The van der Waals surface area contributed by atoms with E-state index in [9.17, 15) is 34.2 Å². The molecule has 0 aliphatic heterocycles. The van der Waals surface area contributed by atoms with Crippen molar-refractivity contribution in [2.24, 2.45) is 11.7 Å². The number of aromatic amines is 1. The van der Waals surface area contributed by atoms with Crippen LogP contribution in [0.2, 0.25) is 0 Å². The minimum atomic E-state index is -1.57. The van der Waals surface area contributed by atoms with Crippen LogP contribution in [0.25, 0.3) is 10.9 Å². The Morgan fingerprint density at radius 1 is 0.914 bits per heavy atom. The molecule has 12 nitrogen and oxygen atoms in total. The van der Waals surface area contributed by atoms with E-state index in [0.29, 0.717) is 5.56 Å². The van der Waals surface area contributed by atoms with Crippen LogP contribution in [0.1, 0.15) is 32.8 Å². The van der Waals surface area contributed by atoms with Gasteiger partial charge in [0.2, 0.25) is 17.7 Å². The van der Waals surface area contributed by atoms with Crippen LogP contribution in [0.5, 0.6) is 0 Å². The molecular weight excluding hydrogens is 458 g/mol. The van der Waals surface area contributed by atoms with Gasteiger partial charge in [0.1, 0.15) is 18.1 Å². The van der Waals surface area contributed by atoms with Crippen molar-refractivity contribution >= 4 is 40.6 Å². The van der Waals surface area contributed by atoms with Crippen molar-refractivity contribution in [2.75, 3.05) is 0 Å². The molecule has 4 unspecified atom stereocenters. The molecule has 0 aliphatic rings. The Balaban J connectivity index is 2.18. The van der Waals surface area contributed by atoms with Crippen molar-refractivity contribution < 1.29 is 34.2 Å². The average Bonchev–Trinajstić information content (AvgIpc) is 3.18. The smallest absolute Gasteiger partial charge is 0.326 e. The topological polar surface area (TPSA) is 204 Å². The van der Waals surface area contributed by atoms with E-state index in [1.807, 2.05) is 12.1 Å². The van der Waals surface area contributed by atoms with E-state index in [-0.39, 0.29) is 6.42 Å². The highest BCUT2D eigenvalue weighted by molar-refractivity contribution is 5.96. The number of hydrogen-bond donors (Lipinski definition) is 7. The number of carbonyl (C=O) groups excluding carboxylic acids is 3. The second kappa shape index (κ2) is 12.0. The maximum absolute atomic E-state index is 12.9. The van der Waals surface area contributed by atoms with Gasteiger partial charge in [-0.2, -0.15) is 0 Å². The fraction of sp³-hybridized carbons (Fsp3) is 0.435. The second-order valence-corrected chi connectivity index (χ2v) is 8.64. The number of amides is 3. The van der Waals surface area contributed by atoms with Gasteiger partial charge in [-0.1, -0.05) is 32.0 Å². The molecule has 3 amide bonds. The normalized spacial score (nSPS) is 14.5. The first kappa shape index (κ1) is 27.3. The minimum Gasteiger partial charge on any atom is -0.481 e. The number of fused-ring (bicyclic) bond motifs is 1. The number of benzene rings is 1. The van der Waals surface area contributed by atoms with Gasteiger partial charge < -0.3 is 36.9 Å². The summed E-state index contributed by atoms with van der Waals surface area (Å²) in [7, 11) is 0. The summed E-state index contributed by atoms with van der Waals surface area (Å²) < 4.78 is 0. The van der Waals surface area contributed by atoms with Crippen molar-refractivity contribution in [2.45, 2.75) is 57.8 Å². The number of para-hydroxylation sites is 1. The summed E-state index contributed by atoms with van der Waals surface area (Å²) in [6, 6.07) is 2.31. The van der Waals surface area contributed by atoms with Crippen LogP contribution in [-0.4, -0.2) is 69.0 Å². The second-order valence-electron chi connectivity index (χ2n) is 8.64. The lowest BCUT2D eigenvalue weighted by atomic mass is 10.0. The molecule has 0 saturated carbocycles. The van der Waals surface area contributed by atoms with Gasteiger partial charge in [-0.05, 0) is 24.5 Å². The molecule has 35 heavy (non-hydrogen) atoms. The summed E-state index contributed by atoms with van der Waals surface area (Å²) in [5.41, 5.74) is 6.97. The Morgan fingerprint density at radius 2 is 1.54 bits per heavy atom. The maximum atomic E-state index is 12.9. The first-order chi connectivity index (χ1) is 16.4. The molecule has 1 heterocycles. The number of carboxylic acids is 2. The summed E-state index contributed by atoms with van der Waals surface area (Å²) in [6.45, 7) is 4.74. The van der Waals surface area contributed by atoms with Gasteiger partial charge in [-0.25, -0.2) is 4.79 Å². The lowest BCUT2D eigenvalue weighted by Gasteiger charge is -2.26. The molecule has 0 bridgehead atoms. The van der Waals surface area contributed by atoms with E-state index >= 15 is 0 Å². The molecule has 190 valence electrons. The van der Waals surface area contributed by atoms with E-state index < -0.39 is 66.2 Å². The summed E-state index contributed by atoms with van der Waals surface area (Å²) in [6.07, 6.45) is 0.776. The molecule has 12 heteroatoms. The lowest BCUT2D eigenvalue weighted by Crippen LogP contribution is -2.58. The number of carbonyl (C=O) groups is 5. The zero-order valence-electron chi connectivity index (χ0n) is 19.7. The predicted octanol–water partition coefficient (Wildman–Crippen LogP) is -0.273. The SMILES string of the molecule is CC(N)C(=O)NC(C(=O)NC(CC(=O)O)C(=O)NC(Cc1c[nH]c2ccccc12)C(=O)O)C(C)C. The number of aliphatic carboxylic acids is 2. The van der Waals surface area contributed by atoms with Crippen LogP contribution in [0.3, 0.4) is 0 Å². The van der Waals surface area contributed by atoms with Gasteiger partial charge in [0, 0.05) is 23.5 Å². The summed E-state index contributed by atoms with van der Waals surface area (Å²) in [4.78, 5) is 63.9. The molecule has 0 saturated heterocycles. The average molecular weight is 490 g/mol. The largest absolute Gasteiger partial charge is 0.481 e. The van der Waals surface area contributed by atoms with Gasteiger partial charge >= 0.3 is 11.9 Å². The highest BCUT2D eigenvalue weighted by atomic mass is 16.4. The molecule has 2 aromatic rings. The highest BCUT2D eigenvalue weighted by Gasteiger charge is 2.32. The number of rotatable bonds is 12. The highest BCUT2D eigenvalue weighted by Crippen LogP contribution is 2.19. The van der Waals surface area contributed by atoms with Crippen molar-refractivity contribution in [3.63, 3.8) is 0 Å². The van der Waals surface area contributed by atoms with Crippen LogP contribution in [0, 0.1) is 5.92 Å². The van der Waals surface area contributed by atoms with Gasteiger partial charge in [0.15, 0.2) is 0 Å². The van der Waals surface area contributed by atoms with Crippen LogP contribution < -0.4 is 21.7 Å². The predicted molar refractivity (Wildman–Crippen MR) is 126 cm³/mol. The van der Waals surface area contributed by atoms with E-state index in [2.05, 4.69) is 20.9 Å². The van der Waals surface area contributed by atoms with Crippen molar-refractivity contribution in [3.05, 3.63) is 36.0 Å². The Labute approximate surface area is 201 Å². The van der Waals surface area contributed by atoms with Crippen molar-refractivity contribution in [1.82, 2.24) is 20.9 Å². The zero-order valence-corrected chi connectivity index (χ0v) is 19.7. The van der Waals surface area contributed by atoms with Crippen LogP contribution in [0.15, 0.2) is 30.5 Å². The fourth-order valence-corrected chi connectivity index (χ4v) is 3.46. The molecule has 4 atom stereocenters. The first-order valence-electron chi connectivity index (χ1n) is 11.1. The summed E-state index contributed by atoms with van der Waals surface area (Å²) >= 11 is 0. The monoisotopic (exact) mass is 489 g/mol. The van der Waals surface area contributed by atoms with E-state index in [1.165, 1.54) is 6.92 Å². The van der Waals surface area contributed by atoms with Crippen LogP contribution in [0.4, 0.5) is 0 Å². The number of nitrogens with two attached hydrogens (primary N) is 1. The van der Waals surface area contributed by atoms with Crippen molar-refractivity contribution in [1.29, 1.82) is 0 Å². The number of carboxylic acid groups (broad SMARTS) is 2. The Kier molecular flexibility index (Phi) is 9.34. The molecule has 0 radical (unpaired) electrons. The molecule has 1 aromatic carbocycles. The van der Waals surface area contributed by atoms with E-state index in [1.54, 1.807) is 32.2 Å². The number of aromatic nitrogens is 1. The zero-order chi connectivity index (χ0) is 26.3. The first-order valence-corrected chi connectivity index (χ1v) is 11.1. The summed E-state index contributed by atoms with van der Waals surface area (Å²) in [5, 5.41) is 26.8. The Bertz CT molecular complexity index is 1090.